The van der Waals surface area contributed by atoms with Crippen molar-refractivity contribution < 1.29 is 9.53 Å². The van der Waals surface area contributed by atoms with Gasteiger partial charge in [-0.25, -0.2) is 5.01 Å². The lowest BCUT2D eigenvalue weighted by atomic mass is 9.88. The van der Waals surface area contributed by atoms with Crippen molar-refractivity contribution in [3.05, 3.63) is 0 Å². The van der Waals surface area contributed by atoms with Crippen LogP contribution in [-0.2, 0) is 9.53 Å². The van der Waals surface area contributed by atoms with Crippen LogP contribution in [0.15, 0.2) is 0 Å². The van der Waals surface area contributed by atoms with Gasteiger partial charge in [-0.1, -0.05) is 0 Å². The quantitative estimate of drug-likeness (QED) is 0.467. The van der Waals surface area contributed by atoms with Crippen molar-refractivity contribution in [1.82, 2.24) is 10.3 Å². The number of ether oxygens (including phenoxy) is 1. The molecule has 2 rings (SSSR count). The minimum absolute atomic E-state index is 0.00304. The standard InChI is InChI=1S/C8H15N3O2/c9-11-3-1-8(2-4-11)6-13-5-7(12)10-8/h1-6,9H2,(H,10,12). The number of nitrogens with one attached hydrogen (secondary N) is 1. The summed E-state index contributed by atoms with van der Waals surface area (Å²) in [5.74, 6) is 5.64. The summed E-state index contributed by atoms with van der Waals surface area (Å²) in [5, 5.41) is 4.79. The maximum atomic E-state index is 11.1. The van der Waals surface area contributed by atoms with Crippen molar-refractivity contribution >= 4 is 5.91 Å². The first-order valence-electron chi connectivity index (χ1n) is 4.59. The number of hydrazine groups is 1. The minimum atomic E-state index is -0.134. The van der Waals surface area contributed by atoms with Gasteiger partial charge in [-0.15, -0.1) is 0 Å². The fourth-order valence-electron chi connectivity index (χ4n) is 1.93. The van der Waals surface area contributed by atoms with Crippen molar-refractivity contribution in [1.29, 1.82) is 0 Å². The average molecular weight is 185 g/mol. The van der Waals surface area contributed by atoms with Crippen LogP contribution >= 0.6 is 0 Å². The monoisotopic (exact) mass is 185 g/mol. The van der Waals surface area contributed by atoms with E-state index in [0.29, 0.717) is 6.61 Å². The van der Waals surface area contributed by atoms with E-state index in [1.807, 2.05) is 0 Å². The summed E-state index contributed by atoms with van der Waals surface area (Å²) in [6.45, 7) is 2.48. The van der Waals surface area contributed by atoms with Crippen LogP contribution in [0.2, 0.25) is 0 Å². The summed E-state index contributed by atoms with van der Waals surface area (Å²) < 4.78 is 5.24. The highest BCUT2D eigenvalue weighted by atomic mass is 16.5. The first kappa shape index (κ1) is 8.93. The highest BCUT2D eigenvalue weighted by molar-refractivity contribution is 5.78. The first-order valence-corrected chi connectivity index (χ1v) is 4.59. The molecule has 0 radical (unpaired) electrons. The van der Waals surface area contributed by atoms with E-state index in [1.165, 1.54) is 0 Å². The van der Waals surface area contributed by atoms with Gasteiger partial charge >= 0.3 is 0 Å². The second-order valence-electron chi connectivity index (χ2n) is 3.86. The molecule has 0 aliphatic carbocycles. The predicted octanol–water partition coefficient (Wildman–Crippen LogP) is -1.16. The van der Waals surface area contributed by atoms with Crippen LogP contribution in [0.4, 0.5) is 0 Å². The molecule has 2 aliphatic rings. The highest BCUT2D eigenvalue weighted by Gasteiger charge is 2.38. The number of carbonyl (C=O) groups excluding carboxylic acids is 1. The number of hydrogen-bond donors (Lipinski definition) is 2. The summed E-state index contributed by atoms with van der Waals surface area (Å²) in [7, 11) is 0. The maximum Gasteiger partial charge on any atom is 0.246 e. The van der Waals surface area contributed by atoms with E-state index in [0.717, 1.165) is 25.9 Å². The molecule has 5 nitrogen and oxygen atoms in total. The maximum absolute atomic E-state index is 11.1. The van der Waals surface area contributed by atoms with E-state index >= 15 is 0 Å². The van der Waals surface area contributed by atoms with Crippen LogP contribution < -0.4 is 11.2 Å². The molecule has 0 aromatic heterocycles. The molecular weight excluding hydrogens is 170 g/mol. The molecule has 13 heavy (non-hydrogen) atoms. The Bertz CT molecular complexity index is 211. The molecule has 0 unspecified atom stereocenters. The van der Waals surface area contributed by atoms with Gasteiger partial charge in [0.2, 0.25) is 5.91 Å². The van der Waals surface area contributed by atoms with Crippen LogP contribution in [0.3, 0.4) is 0 Å². The van der Waals surface area contributed by atoms with Gasteiger partial charge in [0.05, 0.1) is 12.1 Å². The molecule has 0 atom stereocenters. The van der Waals surface area contributed by atoms with E-state index in [2.05, 4.69) is 5.32 Å². The first-order chi connectivity index (χ1) is 6.20. The van der Waals surface area contributed by atoms with Crippen molar-refractivity contribution in [2.45, 2.75) is 18.4 Å². The number of nitrogens with zero attached hydrogens (tertiary/aromatic N) is 1. The van der Waals surface area contributed by atoms with Crippen LogP contribution in [0.5, 0.6) is 0 Å². The molecule has 2 aliphatic heterocycles. The number of morpholine rings is 1. The van der Waals surface area contributed by atoms with Gasteiger partial charge in [0.25, 0.3) is 0 Å². The Labute approximate surface area is 77.2 Å². The topological polar surface area (TPSA) is 67.6 Å². The SMILES string of the molecule is NN1CCC2(CC1)COCC(=O)N2. The van der Waals surface area contributed by atoms with Crippen LogP contribution in [-0.4, -0.2) is 42.8 Å². The number of carbonyl (C=O) groups is 1. The summed E-state index contributed by atoms with van der Waals surface area (Å²) in [5.41, 5.74) is -0.134. The molecule has 5 heteroatoms. The van der Waals surface area contributed by atoms with Gasteiger partial charge in [0, 0.05) is 13.1 Å². The van der Waals surface area contributed by atoms with E-state index < -0.39 is 0 Å². The zero-order valence-electron chi connectivity index (χ0n) is 7.58. The summed E-state index contributed by atoms with van der Waals surface area (Å²) in [6, 6.07) is 0. The third-order valence-electron chi connectivity index (χ3n) is 2.77. The Hall–Kier alpha value is -0.650. The Morgan fingerprint density at radius 1 is 1.46 bits per heavy atom. The molecule has 3 N–H and O–H groups in total. The molecule has 1 amide bonds. The van der Waals surface area contributed by atoms with Gasteiger partial charge in [0.1, 0.15) is 6.61 Å². The molecule has 74 valence electrons. The second-order valence-corrected chi connectivity index (χ2v) is 3.86. The van der Waals surface area contributed by atoms with E-state index in [1.54, 1.807) is 5.01 Å². The lowest BCUT2D eigenvalue weighted by Gasteiger charge is -2.42. The molecule has 1 spiro atoms. The number of rotatable bonds is 0. The zero-order chi connectivity index (χ0) is 9.31. The smallest absolute Gasteiger partial charge is 0.246 e. The number of nitrogens with two attached hydrogens (primary N) is 1. The third-order valence-corrected chi connectivity index (χ3v) is 2.77. The molecule has 0 aromatic rings. The van der Waals surface area contributed by atoms with E-state index in [-0.39, 0.29) is 18.1 Å². The lowest BCUT2D eigenvalue weighted by Crippen LogP contribution is -2.62. The molecule has 0 saturated carbocycles. The zero-order valence-corrected chi connectivity index (χ0v) is 7.58. The third kappa shape index (κ3) is 1.82. The van der Waals surface area contributed by atoms with Crippen molar-refractivity contribution in [3.63, 3.8) is 0 Å². The number of amides is 1. The Kier molecular flexibility index (Phi) is 2.23. The largest absolute Gasteiger partial charge is 0.369 e. The van der Waals surface area contributed by atoms with Crippen LogP contribution in [0.1, 0.15) is 12.8 Å². The number of hydrogen-bond acceptors (Lipinski definition) is 4. The fraction of sp³-hybridized carbons (Fsp3) is 0.875. The second kappa shape index (κ2) is 3.25. The molecule has 2 saturated heterocycles. The van der Waals surface area contributed by atoms with Crippen molar-refractivity contribution in [2.24, 2.45) is 5.84 Å². The van der Waals surface area contributed by atoms with Gasteiger partial charge in [-0.3, -0.25) is 10.6 Å². The molecule has 0 aromatic carbocycles. The molecule has 2 heterocycles. The van der Waals surface area contributed by atoms with Gasteiger partial charge in [-0.05, 0) is 12.8 Å². The summed E-state index contributed by atoms with van der Waals surface area (Å²) in [4.78, 5) is 11.1. The molecule has 2 fully saturated rings. The molecule has 0 bridgehead atoms. The van der Waals surface area contributed by atoms with E-state index in [9.17, 15) is 4.79 Å². The Morgan fingerprint density at radius 2 is 2.15 bits per heavy atom. The van der Waals surface area contributed by atoms with Crippen LogP contribution in [0.25, 0.3) is 0 Å². The summed E-state index contributed by atoms with van der Waals surface area (Å²) in [6.07, 6.45) is 1.77. The Morgan fingerprint density at radius 3 is 2.77 bits per heavy atom. The highest BCUT2D eigenvalue weighted by Crippen LogP contribution is 2.23. The van der Waals surface area contributed by atoms with E-state index in [4.69, 9.17) is 10.6 Å². The number of piperidine rings is 1. The fourth-order valence-corrected chi connectivity index (χ4v) is 1.93. The van der Waals surface area contributed by atoms with Gasteiger partial charge < -0.3 is 10.1 Å². The Balaban J connectivity index is 1.99. The summed E-state index contributed by atoms with van der Waals surface area (Å²) >= 11 is 0. The lowest BCUT2D eigenvalue weighted by molar-refractivity contribution is -0.137. The minimum Gasteiger partial charge on any atom is -0.369 e. The average Bonchev–Trinajstić information content (AvgIpc) is 2.11. The van der Waals surface area contributed by atoms with Crippen LogP contribution in [0, 0.1) is 0 Å². The van der Waals surface area contributed by atoms with Crippen molar-refractivity contribution in [2.75, 3.05) is 26.3 Å². The van der Waals surface area contributed by atoms with Crippen molar-refractivity contribution in [3.8, 4) is 0 Å². The van der Waals surface area contributed by atoms with Gasteiger partial charge in [0.15, 0.2) is 0 Å². The predicted molar refractivity (Wildman–Crippen MR) is 46.7 cm³/mol. The molecular formula is C8H15N3O2. The van der Waals surface area contributed by atoms with Gasteiger partial charge in [-0.2, -0.15) is 0 Å². The normalized spacial score (nSPS) is 28.8.